The Morgan fingerprint density at radius 2 is 2.06 bits per heavy atom. The molecule has 1 saturated carbocycles. The standard InChI is InChI=1S/C15H22O3/c1-14(2)5-4-6-15(3)10-8-18-13(17)9(10)7-11(16)12(14)15/h7,10-12,16H,4-6,8H2,1-3H3/t10-,11-,12-,15+/m0/s1. The molecule has 0 radical (unpaired) electrons. The molecule has 18 heavy (non-hydrogen) atoms. The summed E-state index contributed by atoms with van der Waals surface area (Å²) in [6, 6.07) is 0. The van der Waals surface area contributed by atoms with Crippen molar-refractivity contribution in [1.82, 2.24) is 0 Å². The lowest BCUT2D eigenvalue weighted by molar-refractivity contribution is -0.135. The van der Waals surface area contributed by atoms with Crippen molar-refractivity contribution in [3.05, 3.63) is 11.6 Å². The summed E-state index contributed by atoms with van der Waals surface area (Å²) in [5.74, 6) is 0.182. The fourth-order valence-electron chi connectivity index (χ4n) is 4.86. The third kappa shape index (κ3) is 1.43. The van der Waals surface area contributed by atoms with E-state index in [4.69, 9.17) is 4.74 Å². The van der Waals surface area contributed by atoms with Crippen molar-refractivity contribution in [2.75, 3.05) is 6.61 Å². The number of carbonyl (C=O) groups excluding carboxylic acids is 1. The molecule has 1 heterocycles. The van der Waals surface area contributed by atoms with Crippen LogP contribution in [0.2, 0.25) is 0 Å². The van der Waals surface area contributed by atoms with Crippen molar-refractivity contribution in [2.45, 2.75) is 46.1 Å². The molecule has 2 fully saturated rings. The Labute approximate surface area is 108 Å². The maximum atomic E-state index is 11.7. The lowest BCUT2D eigenvalue weighted by atomic mass is 9.48. The monoisotopic (exact) mass is 250 g/mol. The molecule has 1 saturated heterocycles. The number of rotatable bonds is 0. The van der Waals surface area contributed by atoms with Gasteiger partial charge in [-0.1, -0.05) is 27.2 Å². The Kier molecular flexibility index (Phi) is 2.44. The quantitative estimate of drug-likeness (QED) is 0.671. The third-order valence-corrected chi connectivity index (χ3v) is 5.57. The summed E-state index contributed by atoms with van der Waals surface area (Å²) < 4.78 is 5.21. The summed E-state index contributed by atoms with van der Waals surface area (Å²) in [5, 5.41) is 10.5. The molecule has 0 spiro atoms. The van der Waals surface area contributed by atoms with Gasteiger partial charge in [0.25, 0.3) is 0 Å². The highest BCUT2D eigenvalue weighted by atomic mass is 16.5. The zero-order valence-electron chi connectivity index (χ0n) is 11.4. The van der Waals surface area contributed by atoms with Gasteiger partial charge in [-0.2, -0.15) is 0 Å². The number of ether oxygens (including phenoxy) is 1. The van der Waals surface area contributed by atoms with E-state index in [-0.39, 0.29) is 28.6 Å². The molecular formula is C15H22O3. The first kappa shape index (κ1) is 12.2. The maximum Gasteiger partial charge on any atom is 0.334 e. The van der Waals surface area contributed by atoms with Crippen molar-refractivity contribution < 1.29 is 14.6 Å². The van der Waals surface area contributed by atoms with Crippen LogP contribution in [0.1, 0.15) is 40.0 Å². The van der Waals surface area contributed by atoms with Gasteiger partial charge >= 0.3 is 5.97 Å². The van der Waals surface area contributed by atoms with Crippen LogP contribution in [0.4, 0.5) is 0 Å². The second-order valence-electron chi connectivity index (χ2n) is 7.09. The van der Waals surface area contributed by atoms with Crippen LogP contribution in [-0.2, 0) is 9.53 Å². The van der Waals surface area contributed by atoms with Gasteiger partial charge in [0.2, 0.25) is 0 Å². The summed E-state index contributed by atoms with van der Waals surface area (Å²) in [7, 11) is 0. The molecule has 0 aromatic rings. The first-order valence-electron chi connectivity index (χ1n) is 6.93. The lowest BCUT2D eigenvalue weighted by Crippen LogP contribution is -2.54. The number of fused-ring (bicyclic) bond motifs is 3. The SMILES string of the molecule is CC1(C)CCC[C@]2(C)[C@H]3COC(=O)C3=C[C@H](O)[C@@H]12. The summed E-state index contributed by atoms with van der Waals surface area (Å²) in [4.78, 5) is 11.7. The molecule has 0 amide bonds. The zero-order valence-corrected chi connectivity index (χ0v) is 11.4. The van der Waals surface area contributed by atoms with Crippen molar-refractivity contribution in [3.63, 3.8) is 0 Å². The minimum absolute atomic E-state index is 0.00257. The summed E-state index contributed by atoms with van der Waals surface area (Å²) in [6.45, 7) is 7.23. The van der Waals surface area contributed by atoms with Crippen LogP contribution in [-0.4, -0.2) is 23.8 Å². The van der Waals surface area contributed by atoms with Gasteiger partial charge in [-0.15, -0.1) is 0 Å². The van der Waals surface area contributed by atoms with Gasteiger partial charge in [0, 0.05) is 11.5 Å². The van der Waals surface area contributed by atoms with E-state index in [0.717, 1.165) is 18.4 Å². The Balaban J connectivity index is 2.10. The van der Waals surface area contributed by atoms with Gasteiger partial charge in [0.1, 0.15) is 0 Å². The molecule has 4 atom stereocenters. The molecular weight excluding hydrogens is 228 g/mol. The summed E-state index contributed by atoms with van der Waals surface area (Å²) >= 11 is 0. The average molecular weight is 250 g/mol. The fourth-order valence-corrected chi connectivity index (χ4v) is 4.86. The van der Waals surface area contributed by atoms with Gasteiger partial charge in [-0.25, -0.2) is 4.79 Å². The van der Waals surface area contributed by atoms with Crippen LogP contribution >= 0.6 is 0 Å². The van der Waals surface area contributed by atoms with Crippen molar-refractivity contribution in [2.24, 2.45) is 22.7 Å². The molecule has 1 N–H and O–H groups in total. The summed E-state index contributed by atoms with van der Waals surface area (Å²) in [5.41, 5.74) is 0.844. The van der Waals surface area contributed by atoms with E-state index in [1.54, 1.807) is 6.08 Å². The Hall–Kier alpha value is -0.830. The van der Waals surface area contributed by atoms with Crippen molar-refractivity contribution in [1.29, 1.82) is 0 Å². The number of aliphatic hydroxyl groups is 1. The van der Waals surface area contributed by atoms with E-state index in [2.05, 4.69) is 20.8 Å². The molecule has 2 aliphatic carbocycles. The van der Waals surface area contributed by atoms with E-state index in [9.17, 15) is 9.90 Å². The number of aliphatic hydroxyl groups excluding tert-OH is 1. The van der Waals surface area contributed by atoms with Crippen LogP contribution in [0.5, 0.6) is 0 Å². The molecule has 0 aromatic carbocycles. The highest BCUT2D eigenvalue weighted by molar-refractivity contribution is 5.91. The van der Waals surface area contributed by atoms with Crippen LogP contribution in [0.3, 0.4) is 0 Å². The van der Waals surface area contributed by atoms with Gasteiger partial charge in [-0.3, -0.25) is 0 Å². The highest BCUT2D eigenvalue weighted by Crippen LogP contribution is 2.60. The third-order valence-electron chi connectivity index (χ3n) is 5.57. The molecule has 0 bridgehead atoms. The van der Waals surface area contributed by atoms with E-state index >= 15 is 0 Å². The first-order valence-corrected chi connectivity index (χ1v) is 6.93. The van der Waals surface area contributed by atoms with Crippen LogP contribution in [0, 0.1) is 22.7 Å². The van der Waals surface area contributed by atoms with Gasteiger partial charge in [0.05, 0.1) is 12.7 Å². The molecule has 3 heteroatoms. The smallest absolute Gasteiger partial charge is 0.334 e. The minimum Gasteiger partial charge on any atom is -0.462 e. The van der Waals surface area contributed by atoms with E-state index < -0.39 is 6.10 Å². The fraction of sp³-hybridized carbons (Fsp3) is 0.800. The molecule has 3 aliphatic rings. The number of hydrogen-bond acceptors (Lipinski definition) is 3. The second kappa shape index (κ2) is 3.60. The molecule has 1 aliphatic heterocycles. The van der Waals surface area contributed by atoms with Gasteiger partial charge in [-0.05, 0) is 35.7 Å². The van der Waals surface area contributed by atoms with Crippen LogP contribution in [0.25, 0.3) is 0 Å². The van der Waals surface area contributed by atoms with E-state index in [1.807, 2.05) is 0 Å². The number of hydrogen-bond donors (Lipinski definition) is 1. The Morgan fingerprint density at radius 1 is 1.33 bits per heavy atom. The average Bonchev–Trinajstić information content (AvgIpc) is 2.59. The lowest BCUT2D eigenvalue weighted by Gasteiger charge is -2.56. The predicted octanol–water partition coefficient (Wildman–Crippen LogP) is 2.29. The Bertz CT molecular complexity index is 423. The zero-order chi connectivity index (χ0) is 13.1. The first-order chi connectivity index (χ1) is 8.36. The number of esters is 1. The minimum atomic E-state index is -0.512. The van der Waals surface area contributed by atoms with E-state index in [0.29, 0.717) is 6.61 Å². The number of carbonyl (C=O) groups is 1. The molecule has 0 aromatic heterocycles. The largest absolute Gasteiger partial charge is 0.462 e. The predicted molar refractivity (Wildman–Crippen MR) is 67.8 cm³/mol. The summed E-state index contributed by atoms with van der Waals surface area (Å²) in [6.07, 6.45) is 4.65. The molecule has 0 unspecified atom stereocenters. The molecule has 100 valence electrons. The molecule has 3 nitrogen and oxygen atoms in total. The molecule has 3 rings (SSSR count). The van der Waals surface area contributed by atoms with Gasteiger partial charge < -0.3 is 9.84 Å². The van der Waals surface area contributed by atoms with E-state index in [1.165, 1.54) is 6.42 Å². The van der Waals surface area contributed by atoms with Gasteiger partial charge in [0.15, 0.2) is 0 Å². The second-order valence-corrected chi connectivity index (χ2v) is 7.09. The maximum absolute atomic E-state index is 11.7. The Morgan fingerprint density at radius 3 is 2.78 bits per heavy atom. The van der Waals surface area contributed by atoms with Crippen LogP contribution < -0.4 is 0 Å². The van der Waals surface area contributed by atoms with Crippen LogP contribution in [0.15, 0.2) is 11.6 Å². The topological polar surface area (TPSA) is 46.5 Å². The van der Waals surface area contributed by atoms with Crippen molar-refractivity contribution >= 4 is 5.97 Å². The normalized spacial score (nSPS) is 45.9. The number of cyclic esters (lactones) is 1. The highest BCUT2D eigenvalue weighted by Gasteiger charge is 2.58. The van der Waals surface area contributed by atoms with Crippen molar-refractivity contribution in [3.8, 4) is 0 Å².